The van der Waals surface area contributed by atoms with E-state index in [1.165, 1.54) is 15.9 Å². The van der Waals surface area contributed by atoms with Gasteiger partial charge in [-0.25, -0.2) is 9.79 Å². The molecule has 4 aromatic rings. The van der Waals surface area contributed by atoms with E-state index < -0.39 is 12.0 Å². The number of aromatic nitrogens is 1. The number of hydrogen-bond donors (Lipinski definition) is 0. The van der Waals surface area contributed by atoms with E-state index in [9.17, 15) is 9.59 Å². The van der Waals surface area contributed by atoms with Crippen molar-refractivity contribution in [1.82, 2.24) is 4.57 Å². The molecule has 1 aliphatic rings. The molecule has 8 nitrogen and oxygen atoms in total. The summed E-state index contributed by atoms with van der Waals surface area (Å²) in [5.41, 5.74) is 1.76. The number of halogens is 2. The van der Waals surface area contributed by atoms with E-state index in [2.05, 4.69) is 4.99 Å². The molecule has 43 heavy (non-hydrogen) atoms. The molecule has 3 aromatic carbocycles. The Morgan fingerprint density at radius 2 is 1.77 bits per heavy atom. The van der Waals surface area contributed by atoms with Crippen LogP contribution >= 0.6 is 34.5 Å². The van der Waals surface area contributed by atoms with Gasteiger partial charge in [0.05, 0.1) is 40.6 Å². The Morgan fingerprint density at radius 3 is 2.51 bits per heavy atom. The fourth-order valence-corrected chi connectivity index (χ4v) is 6.32. The van der Waals surface area contributed by atoms with Crippen molar-refractivity contribution < 1.29 is 23.7 Å². The molecule has 0 unspecified atom stereocenters. The van der Waals surface area contributed by atoms with Crippen molar-refractivity contribution in [2.75, 3.05) is 26.9 Å². The van der Waals surface area contributed by atoms with Gasteiger partial charge in [0, 0.05) is 16.7 Å². The maximum absolute atomic E-state index is 14.0. The normalized spacial score (nSPS) is 14.6. The van der Waals surface area contributed by atoms with E-state index in [1.807, 2.05) is 48.5 Å². The molecule has 0 aliphatic carbocycles. The molecular weight excluding hydrogens is 611 g/mol. The molecule has 1 aromatic heterocycles. The lowest BCUT2D eigenvalue weighted by Crippen LogP contribution is -2.39. The summed E-state index contributed by atoms with van der Waals surface area (Å²) in [6.45, 7) is 4.10. The van der Waals surface area contributed by atoms with Gasteiger partial charge in [-0.1, -0.05) is 70.9 Å². The molecule has 0 N–H and O–H groups in total. The average molecular weight is 640 g/mol. The second kappa shape index (κ2) is 13.5. The van der Waals surface area contributed by atoms with Crippen LogP contribution in [0.2, 0.25) is 10.0 Å². The summed E-state index contributed by atoms with van der Waals surface area (Å²) in [6.07, 6.45) is 1.67. The van der Waals surface area contributed by atoms with Crippen LogP contribution in [0.1, 0.15) is 31.0 Å². The topological polar surface area (TPSA) is 88.4 Å². The monoisotopic (exact) mass is 638 g/mol. The average Bonchev–Trinajstić information content (AvgIpc) is 3.29. The van der Waals surface area contributed by atoms with Gasteiger partial charge in [-0.2, -0.15) is 0 Å². The van der Waals surface area contributed by atoms with Gasteiger partial charge in [0.1, 0.15) is 30.5 Å². The highest BCUT2D eigenvalue weighted by Gasteiger charge is 2.33. The first kappa shape index (κ1) is 30.4. The number of ether oxygens (including phenoxy) is 4. The predicted octanol–water partition coefficient (Wildman–Crippen LogP) is 5.57. The Labute approximate surface area is 262 Å². The molecule has 222 valence electrons. The number of fused-ring (bicyclic) bond motifs is 1. The van der Waals surface area contributed by atoms with Crippen LogP contribution in [0.15, 0.2) is 87.8 Å². The molecule has 2 heterocycles. The number of carbonyl (C=O) groups excluding carboxylic acids is 1. The number of esters is 1. The van der Waals surface area contributed by atoms with Crippen molar-refractivity contribution in [2.45, 2.75) is 19.9 Å². The molecule has 11 heteroatoms. The van der Waals surface area contributed by atoms with Crippen LogP contribution in [0, 0.1) is 0 Å². The number of benzene rings is 3. The highest BCUT2D eigenvalue weighted by atomic mass is 35.5. The minimum atomic E-state index is -0.703. The Kier molecular flexibility index (Phi) is 9.55. The Morgan fingerprint density at radius 1 is 1.02 bits per heavy atom. The smallest absolute Gasteiger partial charge is 0.338 e. The predicted molar refractivity (Wildman–Crippen MR) is 167 cm³/mol. The summed E-state index contributed by atoms with van der Waals surface area (Å²) in [6, 6.07) is 19.1. The zero-order chi connectivity index (χ0) is 30.5. The lowest BCUT2D eigenvalue weighted by atomic mass is 9.96. The van der Waals surface area contributed by atoms with Crippen LogP contribution in [0.25, 0.3) is 6.08 Å². The van der Waals surface area contributed by atoms with Gasteiger partial charge in [-0.05, 0) is 49.8 Å². The van der Waals surface area contributed by atoms with Gasteiger partial charge in [0.2, 0.25) is 0 Å². The lowest BCUT2D eigenvalue weighted by Gasteiger charge is -2.24. The SMILES string of the molecule is CCOC(=O)C1=C(C)N=c2s/c(=C/c3cc(Cl)cc(Cl)c3OCCOc3cccc(OC)c3)c(=O)n2[C@H]1c1ccccc1. The second-order valence-electron chi connectivity index (χ2n) is 9.39. The van der Waals surface area contributed by atoms with Gasteiger partial charge >= 0.3 is 5.97 Å². The molecule has 0 saturated carbocycles. The van der Waals surface area contributed by atoms with Crippen LogP contribution < -0.4 is 29.1 Å². The largest absolute Gasteiger partial charge is 0.497 e. The van der Waals surface area contributed by atoms with E-state index >= 15 is 0 Å². The van der Waals surface area contributed by atoms with Crippen LogP contribution in [0.3, 0.4) is 0 Å². The molecule has 0 bridgehead atoms. The third-order valence-electron chi connectivity index (χ3n) is 6.60. The standard InChI is InChI=1S/C32H28Cl2N2O6S/c1-4-40-31(38)27-19(2)35-32-36(28(27)20-9-6-5-7-10-20)30(37)26(43-32)16-21-15-22(33)17-25(34)29(21)42-14-13-41-24-12-8-11-23(18-24)39-3/h5-12,15-18,28H,4,13-14H2,1-3H3/b26-16+/t28-/m0/s1. The van der Waals surface area contributed by atoms with Crippen molar-refractivity contribution in [1.29, 1.82) is 0 Å². The van der Waals surface area contributed by atoms with E-state index in [0.29, 0.717) is 48.4 Å². The zero-order valence-corrected chi connectivity index (χ0v) is 26.0. The van der Waals surface area contributed by atoms with Crippen LogP contribution in [0.5, 0.6) is 17.2 Å². The summed E-state index contributed by atoms with van der Waals surface area (Å²) in [5, 5.41) is 0.669. The Bertz CT molecular complexity index is 1870. The molecule has 1 atom stereocenters. The second-order valence-corrected chi connectivity index (χ2v) is 11.2. The number of allylic oxidation sites excluding steroid dienone is 1. The van der Waals surface area contributed by atoms with Crippen LogP contribution in [-0.2, 0) is 9.53 Å². The Hall–Kier alpha value is -4.05. The fourth-order valence-electron chi connectivity index (χ4n) is 4.72. The van der Waals surface area contributed by atoms with Gasteiger partial charge in [-0.15, -0.1) is 0 Å². The quantitative estimate of drug-likeness (QED) is 0.167. The fraction of sp³-hybridized carbons (Fsp3) is 0.219. The van der Waals surface area contributed by atoms with Crippen LogP contribution in [-0.4, -0.2) is 37.5 Å². The summed E-state index contributed by atoms with van der Waals surface area (Å²) >= 11 is 14.1. The van der Waals surface area contributed by atoms with E-state index in [-0.39, 0.29) is 30.4 Å². The summed E-state index contributed by atoms with van der Waals surface area (Å²) in [4.78, 5) is 32.1. The summed E-state index contributed by atoms with van der Waals surface area (Å²) in [5.74, 6) is 1.16. The molecule has 5 rings (SSSR count). The molecule has 0 radical (unpaired) electrons. The first-order valence-corrected chi connectivity index (χ1v) is 15.0. The molecule has 0 spiro atoms. The summed E-state index contributed by atoms with van der Waals surface area (Å²) < 4.78 is 24.3. The third-order valence-corrected chi connectivity index (χ3v) is 8.08. The van der Waals surface area contributed by atoms with Gasteiger partial charge < -0.3 is 18.9 Å². The first-order chi connectivity index (χ1) is 20.8. The van der Waals surface area contributed by atoms with E-state index in [1.54, 1.807) is 45.2 Å². The number of hydrogen-bond acceptors (Lipinski definition) is 8. The lowest BCUT2D eigenvalue weighted by molar-refractivity contribution is -0.139. The molecule has 0 fully saturated rings. The molecule has 0 saturated heterocycles. The maximum Gasteiger partial charge on any atom is 0.338 e. The highest BCUT2D eigenvalue weighted by Crippen LogP contribution is 2.34. The number of carbonyl (C=O) groups is 1. The molecule has 1 aliphatic heterocycles. The highest BCUT2D eigenvalue weighted by molar-refractivity contribution is 7.07. The maximum atomic E-state index is 14.0. The van der Waals surface area contributed by atoms with Gasteiger partial charge in [0.15, 0.2) is 4.80 Å². The van der Waals surface area contributed by atoms with Crippen molar-refractivity contribution in [3.05, 3.63) is 119 Å². The minimum Gasteiger partial charge on any atom is -0.497 e. The number of nitrogens with zero attached hydrogens (tertiary/aromatic N) is 2. The Balaban J connectivity index is 1.51. The third kappa shape index (κ3) is 6.64. The number of methoxy groups -OCH3 is 1. The van der Waals surface area contributed by atoms with Crippen LogP contribution in [0.4, 0.5) is 0 Å². The first-order valence-electron chi connectivity index (χ1n) is 13.4. The zero-order valence-electron chi connectivity index (χ0n) is 23.6. The van der Waals surface area contributed by atoms with Crippen molar-refractivity contribution in [2.24, 2.45) is 4.99 Å². The van der Waals surface area contributed by atoms with Crippen molar-refractivity contribution >= 4 is 46.6 Å². The number of thiazole rings is 1. The molecular formula is C32H28Cl2N2O6S. The van der Waals surface area contributed by atoms with Crippen molar-refractivity contribution in [3.63, 3.8) is 0 Å². The van der Waals surface area contributed by atoms with Gasteiger partial charge in [-0.3, -0.25) is 9.36 Å². The van der Waals surface area contributed by atoms with E-state index in [4.69, 9.17) is 42.1 Å². The number of rotatable bonds is 10. The molecule has 0 amide bonds. The van der Waals surface area contributed by atoms with Gasteiger partial charge in [0.25, 0.3) is 5.56 Å². The van der Waals surface area contributed by atoms with E-state index in [0.717, 1.165) is 5.56 Å². The van der Waals surface area contributed by atoms with Crippen molar-refractivity contribution in [3.8, 4) is 17.2 Å². The minimum absolute atomic E-state index is 0.177. The summed E-state index contributed by atoms with van der Waals surface area (Å²) in [7, 11) is 1.59.